The summed E-state index contributed by atoms with van der Waals surface area (Å²) in [7, 11) is -3.20. The molecular formula is C32H30FN7O3S. The summed E-state index contributed by atoms with van der Waals surface area (Å²) >= 11 is 0. The zero-order valence-electron chi connectivity index (χ0n) is 24.6. The predicted molar refractivity (Wildman–Crippen MR) is 169 cm³/mol. The van der Waals surface area contributed by atoms with Gasteiger partial charge in [-0.25, -0.2) is 17.8 Å². The number of hydrogen-bond donors (Lipinski definition) is 3. The molecule has 0 unspecified atom stereocenters. The van der Waals surface area contributed by atoms with Crippen molar-refractivity contribution in [2.45, 2.75) is 27.2 Å². The molecule has 10 nitrogen and oxygen atoms in total. The molecule has 0 aliphatic rings. The number of amides is 1. The molecular weight excluding hydrogens is 581 g/mol. The van der Waals surface area contributed by atoms with Gasteiger partial charge in [-0.3, -0.25) is 19.9 Å². The molecule has 0 aliphatic carbocycles. The number of hydrogen-bond acceptors (Lipinski definition) is 7. The Kier molecular flexibility index (Phi) is 7.24. The van der Waals surface area contributed by atoms with Gasteiger partial charge in [0.2, 0.25) is 5.91 Å². The lowest BCUT2D eigenvalue weighted by Gasteiger charge is -2.17. The number of aryl methyl sites for hydroxylation is 1. The maximum absolute atomic E-state index is 14.6. The van der Waals surface area contributed by atoms with Gasteiger partial charge in [0.05, 0.1) is 40.4 Å². The second-order valence-electron chi connectivity index (χ2n) is 11.9. The first-order chi connectivity index (χ1) is 20.8. The van der Waals surface area contributed by atoms with Crippen molar-refractivity contribution in [1.29, 1.82) is 0 Å². The molecule has 0 bridgehead atoms. The van der Waals surface area contributed by atoms with Crippen LogP contribution in [0.2, 0.25) is 0 Å². The van der Waals surface area contributed by atoms with E-state index in [9.17, 15) is 17.6 Å². The molecule has 0 atom stereocenters. The van der Waals surface area contributed by atoms with Gasteiger partial charge in [-0.2, -0.15) is 5.10 Å². The van der Waals surface area contributed by atoms with Crippen LogP contribution in [0.4, 0.5) is 10.1 Å². The minimum atomic E-state index is -3.20. The van der Waals surface area contributed by atoms with Crippen LogP contribution < -0.4 is 5.32 Å². The van der Waals surface area contributed by atoms with E-state index in [2.05, 4.69) is 30.5 Å². The van der Waals surface area contributed by atoms with E-state index >= 15 is 0 Å². The number of fused-ring (bicyclic) bond motifs is 2. The van der Waals surface area contributed by atoms with Gasteiger partial charge in [-0.15, -0.1) is 0 Å². The third kappa shape index (κ3) is 6.06. The molecule has 3 N–H and O–H groups in total. The minimum Gasteiger partial charge on any atom is -0.335 e. The summed E-state index contributed by atoms with van der Waals surface area (Å²) in [6, 6.07) is 12.2. The van der Waals surface area contributed by atoms with Gasteiger partial charge in [0, 0.05) is 40.6 Å². The van der Waals surface area contributed by atoms with Gasteiger partial charge in [0.1, 0.15) is 21.3 Å². The number of benzene rings is 2. The number of nitrogens with zero attached hydrogens (tertiary/aromatic N) is 4. The van der Waals surface area contributed by atoms with Crippen molar-refractivity contribution in [2.75, 3.05) is 17.3 Å². The SMILES string of the molecule is CC(C)(C)C(=O)Nc1cncc(-c2ccc3[nH]nc(-c4nc5c(-c6cc(F)cc(CCS(C)(=O)=O)c6)cncc5[nH]4)c3c2)c1. The number of aromatic nitrogens is 6. The fourth-order valence-corrected chi connectivity index (χ4v) is 5.48. The molecule has 44 heavy (non-hydrogen) atoms. The van der Waals surface area contributed by atoms with Crippen LogP contribution in [0.15, 0.2) is 67.3 Å². The summed E-state index contributed by atoms with van der Waals surface area (Å²) < 4.78 is 38.0. The second-order valence-corrected chi connectivity index (χ2v) is 14.2. The van der Waals surface area contributed by atoms with E-state index in [1.807, 2.05) is 45.0 Å². The predicted octanol–water partition coefficient (Wildman–Crippen LogP) is 5.94. The standard InChI is InChI=1S/C32H30FN7O3S/c1-32(2,3)31(41)36-23-12-21(14-34-15-23)19-5-6-26-24(13-19)29(40-39-26)30-37-27-17-35-16-25(28(27)38-30)20-9-18(10-22(33)11-20)7-8-44(4,42)43/h5-6,9-17H,7-8H2,1-4H3,(H,36,41)(H,37,38)(H,39,40). The number of anilines is 1. The van der Waals surface area contributed by atoms with Crippen LogP contribution in [0, 0.1) is 11.2 Å². The molecule has 4 aromatic heterocycles. The monoisotopic (exact) mass is 611 g/mol. The lowest BCUT2D eigenvalue weighted by atomic mass is 9.95. The molecule has 0 fully saturated rings. The fourth-order valence-electron chi connectivity index (χ4n) is 4.87. The molecule has 224 valence electrons. The van der Waals surface area contributed by atoms with Crippen LogP contribution in [-0.2, 0) is 21.1 Å². The average molecular weight is 612 g/mol. The van der Waals surface area contributed by atoms with E-state index in [4.69, 9.17) is 4.98 Å². The topological polar surface area (TPSA) is 146 Å². The third-order valence-corrected chi connectivity index (χ3v) is 8.17. The van der Waals surface area contributed by atoms with E-state index in [0.29, 0.717) is 44.9 Å². The Hall–Kier alpha value is -4.97. The Morgan fingerprint density at radius 1 is 0.932 bits per heavy atom. The van der Waals surface area contributed by atoms with E-state index in [1.165, 1.54) is 12.1 Å². The first-order valence-electron chi connectivity index (χ1n) is 13.9. The molecule has 0 aliphatic heterocycles. The van der Waals surface area contributed by atoms with Gasteiger partial charge < -0.3 is 10.3 Å². The van der Waals surface area contributed by atoms with E-state index < -0.39 is 21.1 Å². The maximum Gasteiger partial charge on any atom is 0.229 e. The Balaban J connectivity index is 1.37. The van der Waals surface area contributed by atoms with Crippen LogP contribution in [-0.4, -0.2) is 56.5 Å². The second kappa shape index (κ2) is 10.9. The van der Waals surface area contributed by atoms with Gasteiger partial charge in [-0.05, 0) is 53.4 Å². The molecule has 0 saturated heterocycles. The number of rotatable bonds is 7. The summed E-state index contributed by atoms with van der Waals surface area (Å²) in [5.41, 5.74) is 6.07. The van der Waals surface area contributed by atoms with Crippen molar-refractivity contribution in [1.82, 2.24) is 30.1 Å². The van der Waals surface area contributed by atoms with Gasteiger partial charge in [0.25, 0.3) is 0 Å². The first-order valence-corrected chi connectivity index (χ1v) is 16.0. The fraction of sp³-hybridized carbons (Fsp3) is 0.219. The molecule has 1 amide bonds. The van der Waals surface area contributed by atoms with Gasteiger partial charge in [-0.1, -0.05) is 32.9 Å². The van der Waals surface area contributed by atoms with Crippen LogP contribution in [0.1, 0.15) is 26.3 Å². The van der Waals surface area contributed by atoms with E-state index in [1.54, 1.807) is 30.9 Å². The molecule has 0 radical (unpaired) electrons. The van der Waals surface area contributed by atoms with E-state index in [0.717, 1.165) is 28.3 Å². The van der Waals surface area contributed by atoms with Crippen molar-refractivity contribution in [3.8, 4) is 33.8 Å². The summed E-state index contributed by atoms with van der Waals surface area (Å²) in [5.74, 6) is -0.159. The summed E-state index contributed by atoms with van der Waals surface area (Å²) in [6.45, 7) is 5.55. The molecule has 0 saturated carbocycles. The van der Waals surface area contributed by atoms with Crippen LogP contribution in [0.25, 0.3) is 55.7 Å². The van der Waals surface area contributed by atoms with Crippen molar-refractivity contribution in [2.24, 2.45) is 5.41 Å². The number of carbonyl (C=O) groups is 1. The van der Waals surface area contributed by atoms with Crippen molar-refractivity contribution < 1.29 is 17.6 Å². The number of aromatic amines is 2. The highest BCUT2D eigenvalue weighted by Crippen LogP contribution is 2.34. The van der Waals surface area contributed by atoms with Crippen LogP contribution in [0.3, 0.4) is 0 Å². The van der Waals surface area contributed by atoms with Crippen molar-refractivity contribution in [3.63, 3.8) is 0 Å². The Morgan fingerprint density at radius 3 is 2.50 bits per heavy atom. The number of imidazole rings is 1. The molecule has 12 heteroatoms. The van der Waals surface area contributed by atoms with Crippen LogP contribution in [0.5, 0.6) is 0 Å². The molecule has 4 heterocycles. The normalized spacial score (nSPS) is 12.2. The van der Waals surface area contributed by atoms with Crippen molar-refractivity contribution >= 4 is 43.4 Å². The summed E-state index contributed by atoms with van der Waals surface area (Å²) in [5, 5.41) is 11.3. The number of nitrogens with one attached hydrogen (secondary N) is 3. The quantitative estimate of drug-likeness (QED) is 0.202. The van der Waals surface area contributed by atoms with Crippen LogP contribution >= 0.6 is 0 Å². The zero-order chi connectivity index (χ0) is 31.2. The van der Waals surface area contributed by atoms with Gasteiger partial charge >= 0.3 is 0 Å². The minimum absolute atomic E-state index is 0.0783. The molecule has 6 rings (SSSR count). The van der Waals surface area contributed by atoms with Gasteiger partial charge in [0.15, 0.2) is 5.82 Å². The number of halogens is 1. The lowest BCUT2D eigenvalue weighted by Crippen LogP contribution is -2.27. The molecule has 6 aromatic rings. The third-order valence-electron chi connectivity index (χ3n) is 7.22. The first kappa shape index (κ1) is 29.1. The highest BCUT2D eigenvalue weighted by Gasteiger charge is 2.22. The highest BCUT2D eigenvalue weighted by molar-refractivity contribution is 7.90. The zero-order valence-corrected chi connectivity index (χ0v) is 25.4. The lowest BCUT2D eigenvalue weighted by molar-refractivity contribution is -0.123. The Labute approximate surface area is 253 Å². The number of sulfone groups is 1. The molecule has 2 aromatic carbocycles. The van der Waals surface area contributed by atoms with Crippen molar-refractivity contribution in [3.05, 3.63) is 78.6 Å². The summed E-state index contributed by atoms with van der Waals surface area (Å²) in [6.07, 6.45) is 7.95. The smallest absolute Gasteiger partial charge is 0.229 e. The number of pyridine rings is 2. The van der Waals surface area contributed by atoms with E-state index in [-0.39, 0.29) is 18.1 Å². The average Bonchev–Trinajstić information content (AvgIpc) is 3.59. The Morgan fingerprint density at radius 2 is 1.73 bits per heavy atom. The molecule has 0 spiro atoms. The number of carbonyl (C=O) groups excluding carboxylic acids is 1. The summed E-state index contributed by atoms with van der Waals surface area (Å²) in [4.78, 5) is 29.3. The number of H-pyrrole nitrogens is 2. The Bertz CT molecular complexity index is 2160. The highest BCUT2D eigenvalue weighted by atomic mass is 32.2. The largest absolute Gasteiger partial charge is 0.335 e. The maximum atomic E-state index is 14.6.